The van der Waals surface area contributed by atoms with Crippen molar-refractivity contribution in [2.75, 3.05) is 31.6 Å². The summed E-state index contributed by atoms with van der Waals surface area (Å²) in [5.41, 5.74) is 3.65. The molecule has 0 bridgehead atoms. The molecule has 3 atom stereocenters. The Morgan fingerprint density at radius 3 is 2.57 bits per heavy atom. The van der Waals surface area contributed by atoms with Crippen molar-refractivity contribution in [2.24, 2.45) is 17.8 Å². The van der Waals surface area contributed by atoms with E-state index in [0.29, 0.717) is 50.6 Å². The number of carbonyl (C=O) groups is 2. The summed E-state index contributed by atoms with van der Waals surface area (Å²) in [7, 11) is 1.37. The number of nitriles is 1. The minimum absolute atomic E-state index is 0.0105. The van der Waals surface area contributed by atoms with Gasteiger partial charge in [-0.15, -0.1) is 0 Å². The van der Waals surface area contributed by atoms with Crippen molar-refractivity contribution in [1.82, 2.24) is 9.88 Å². The number of hydrogen-bond acceptors (Lipinski definition) is 7. The van der Waals surface area contributed by atoms with Gasteiger partial charge in [-0.05, 0) is 44.6 Å². The monoisotopic (exact) mass is 480 g/mol. The molecule has 2 aliphatic carbocycles. The molecule has 1 amide bonds. The average Bonchev–Trinajstić information content (AvgIpc) is 3.75. The standard InChI is InChI=1S/C27H36N4O4/c1-15(2)22-13-30(8-9-31(22)25(32)17-10-18(17)26(33)34-5)24-20(12-28)19-11-27(3,4)35-14-21(19)23(29-24)16-6-7-16/h15-18,22H,6-11,13-14H2,1-5H3. The Morgan fingerprint density at radius 2 is 1.94 bits per heavy atom. The fourth-order valence-corrected chi connectivity index (χ4v) is 5.76. The largest absolute Gasteiger partial charge is 0.469 e. The highest BCUT2D eigenvalue weighted by molar-refractivity contribution is 5.90. The summed E-state index contributed by atoms with van der Waals surface area (Å²) in [6.07, 6.45) is 3.54. The molecular formula is C27H36N4O4. The van der Waals surface area contributed by atoms with E-state index in [2.05, 4.69) is 38.7 Å². The van der Waals surface area contributed by atoms with Crippen molar-refractivity contribution in [2.45, 2.75) is 77.5 Å². The topological polar surface area (TPSA) is 95.8 Å². The summed E-state index contributed by atoms with van der Waals surface area (Å²) in [5.74, 6) is 0.634. The smallest absolute Gasteiger partial charge is 0.309 e. The van der Waals surface area contributed by atoms with Gasteiger partial charge in [0.1, 0.15) is 11.9 Å². The molecule has 2 aliphatic heterocycles. The summed E-state index contributed by atoms with van der Waals surface area (Å²) in [5, 5.41) is 10.3. The second-order valence-electron chi connectivity index (χ2n) is 11.5. The van der Waals surface area contributed by atoms with E-state index in [0.717, 1.165) is 35.5 Å². The van der Waals surface area contributed by atoms with Gasteiger partial charge in [-0.25, -0.2) is 4.98 Å². The zero-order chi connectivity index (χ0) is 25.1. The lowest BCUT2D eigenvalue weighted by Gasteiger charge is -2.45. The number of fused-ring (bicyclic) bond motifs is 1. The minimum atomic E-state index is -0.315. The van der Waals surface area contributed by atoms with E-state index in [4.69, 9.17) is 14.5 Å². The van der Waals surface area contributed by atoms with Gasteiger partial charge in [-0.2, -0.15) is 5.26 Å². The molecule has 1 aromatic rings. The molecule has 3 heterocycles. The van der Waals surface area contributed by atoms with Gasteiger partial charge < -0.3 is 19.3 Å². The van der Waals surface area contributed by atoms with Gasteiger partial charge in [-0.1, -0.05) is 13.8 Å². The number of hydrogen-bond donors (Lipinski definition) is 0. The maximum atomic E-state index is 13.3. The Hall–Kier alpha value is -2.66. The van der Waals surface area contributed by atoms with Crippen LogP contribution in [-0.2, 0) is 32.1 Å². The van der Waals surface area contributed by atoms with E-state index in [1.165, 1.54) is 7.11 Å². The highest BCUT2D eigenvalue weighted by atomic mass is 16.5. The lowest BCUT2D eigenvalue weighted by Crippen LogP contribution is -2.58. The van der Waals surface area contributed by atoms with Crippen molar-refractivity contribution in [3.63, 3.8) is 0 Å². The summed E-state index contributed by atoms with van der Waals surface area (Å²) in [6.45, 7) is 10.7. The first-order valence-electron chi connectivity index (χ1n) is 12.9. The molecule has 3 fully saturated rings. The number of ether oxygens (including phenoxy) is 2. The fourth-order valence-electron chi connectivity index (χ4n) is 5.76. The molecule has 0 aromatic carbocycles. The van der Waals surface area contributed by atoms with Crippen LogP contribution in [0.1, 0.15) is 75.3 Å². The van der Waals surface area contributed by atoms with E-state index >= 15 is 0 Å². The Balaban J connectivity index is 1.44. The van der Waals surface area contributed by atoms with E-state index in [1.54, 1.807) is 0 Å². The van der Waals surface area contributed by atoms with Crippen molar-refractivity contribution in [1.29, 1.82) is 5.26 Å². The van der Waals surface area contributed by atoms with E-state index in [-0.39, 0.29) is 41.3 Å². The van der Waals surface area contributed by atoms with E-state index < -0.39 is 0 Å². The number of nitrogens with zero attached hydrogens (tertiary/aromatic N) is 4. The van der Waals surface area contributed by atoms with Gasteiger partial charge in [0.15, 0.2) is 0 Å². The van der Waals surface area contributed by atoms with Crippen LogP contribution in [0, 0.1) is 29.1 Å². The first-order chi connectivity index (χ1) is 16.6. The molecule has 2 saturated carbocycles. The van der Waals surface area contributed by atoms with Crippen LogP contribution in [0.25, 0.3) is 0 Å². The number of methoxy groups -OCH3 is 1. The fraction of sp³-hybridized carbons (Fsp3) is 0.704. The van der Waals surface area contributed by atoms with Crippen LogP contribution >= 0.6 is 0 Å². The molecule has 5 rings (SSSR count). The zero-order valence-corrected chi connectivity index (χ0v) is 21.5. The van der Waals surface area contributed by atoms with E-state index in [1.807, 2.05) is 4.90 Å². The third-order valence-electron chi connectivity index (χ3n) is 8.09. The summed E-state index contributed by atoms with van der Waals surface area (Å²) >= 11 is 0. The van der Waals surface area contributed by atoms with Gasteiger partial charge in [-0.3, -0.25) is 9.59 Å². The molecule has 188 valence electrons. The number of piperazine rings is 1. The van der Waals surface area contributed by atoms with Crippen molar-refractivity contribution < 1.29 is 19.1 Å². The predicted molar refractivity (Wildman–Crippen MR) is 130 cm³/mol. The third-order valence-corrected chi connectivity index (χ3v) is 8.09. The maximum absolute atomic E-state index is 13.3. The average molecular weight is 481 g/mol. The Bertz CT molecular complexity index is 1090. The molecule has 1 aromatic heterocycles. The maximum Gasteiger partial charge on any atom is 0.309 e. The molecule has 0 N–H and O–H groups in total. The highest BCUT2D eigenvalue weighted by Crippen LogP contribution is 2.46. The SMILES string of the molecule is COC(=O)C1CC1C(=O)N1CCN(c2nc(C3CC3)c3c(c2C#N)CC(C)(C)OC3)CC1C(C)C. The highest BCUT2D eigenvalue weighted by Gasteiger charge is 2.52. The second kappa shape index (κ2) is 8.77. The Labute approximate surface area is 207 Å². The number of anilines is 1. The molecule has 4 aliphatic rings. The zero-order valence-electron chi connectivity index (χ0n) is 21.5. The molecule has 0 spiro atoms. The number of pyridine rings is 1. The van der Waals surface area contributed by atoms with Gasteiger partial charge in [0.2, 0.25) is 5.91 Å². The number of rotatable bonds is 5. The number of carbonyl (C=O) groups excluding carboxylic acids is 2. The van der Waals surface area contributed by atoms with Gasteiger partial charge in [0.25, 0.3) is 0 Å². The number of aromatic nitrogens is 1. The molecule has 8 heteroatoms. The van der Waals surface area contributed by atoms with Crippen LogP contribution in [0.5, 0.6) is 0 Å². The quantitative estimate of drug-likeness (QED) is 0.597. The van der Waals surface area contributed by atoms with Crippen LogP contribution < -0.4 is 4.90 Å². The van der Waals surface area contributed by atoms with Crippen molar-refractivity contribution in [3.8, 4) is 6.07 Å². The molecule has 8 nitrogen and oxygen atoms in total. The van der Waals surface area contributed by atoms with E-state index in [9.17, 15) is 14.9 Å². The predicted octanol–water partition coefficient (Wildman–Crippen LogP) is 3.16. The van der Waals surface area contributed by atoms with Crippen LogP contribution in [-0.4, -0.2) is 60.1 Å². The van der Waals surface area contributed by atoms with Crippen LogP contribution in [0.2, 0.25) is 0 Å². The van der Waals surface area contributed by atoms with Crippen LogP contribution in [0.3, 0.4) is 0 Å². The second-order valence-corrected chi connectivity index (χ2v) is 11.5. The van der Waals surface area contributed by atoms with Crippen LogP contribution in [0.15, 0.2) is 0 Å². The minimum Gasteiger partial charge on any atom is -0.469 e. The van der Waals surface area contributed by atoms with Crippen molar-refractivity contribution in [3.05, 3.63) is 22.4 Å². The Kier molecular flexibility index (Phi) is 6.03. The lowest BCUT2D eigenvalue weighted by atomic mass is 9.87. The summed E-state index contributed by atoms with van der Waals surface area (Å²) in [4.78, 5) is 34.5. The molecule has 0 radical (unpaired) electrons. The molecular weight excluding hydrogens is 444 g/mol. The molecule has 35 heavy (non-hydrogen) atoms. The third kappa shape index (κ3) is 4.40. The van der Waals surface area contributed by atoms with Crippen LogP contribution in [0.4, 0.5) is 5.82 Å². The Morgan fingerprint density at radius 1 is 1.20 bits per heavy atom. The normalized spacial score (nSPS) is 27.3. The number of esters is 1. The van der Waals surface area contributed by atoms with Crippen molar-refractivity contribution >= 4 is 17.7 Å². The summed E-state index contributed by atoms with van der Waals surface area (Å²) in [6, 6.07) is 2.47. The molecule has 3 unspecified atom stereocenters. The first kappa shape index (κ1) is 24.1. The van der Waals surface area contributed by atoms with Gasteiger partial charge >= 0.3 is 5.97 Å². The number of amides is 1. The summed E-state index contributed by atoms with van der Waals surface area (Å²) < 4.78 is 11.0. The van der Waals surface area contributed by atoms with Gasteiger partial charge in [0.05, 0.1) is 48.5 Å². The van der Waals surface area contributed by atoms with Gasteiger partial charge in [0, 0.05) is 37.5 Å². The lowest BCUT2D eigenvalue weighted by molar-refractivity contribution is -0.145. The molecule has 1 saturated heterocycles. The first-order valence-corrected chi connectivity index (χ1v) is 12.9.